The van der Waals surface area contributed by atoms with Crippen LogP contribution in [0.25, 0.3) is 0 Å². The Labute approximate surface area is 154 Å². The summed E-state index contributed by atoms with van der Waals surface area (Å²) in [5, 5.41) is 12.7. The van der Waals surface area contributed by atoms with Crippen LogP contribution in [0.1, 0.15) is 56.3 Å². The molecule has 2 rings (SSSR count). The number of nitrogens with one attached hydrogen (secondary N) is 1. The third-order valence-corrected chi connectivity index (χ3v) is 4.61. The summed E-state index contributed by atoms with van der Waals surface area (Å²) in [6.45, 7) is 4.57. The van der Waals surface area contributed by atoms with Gasteiger partial charge in [0.15, 0.2) is 11.5 Å². The minimum atomic E-state index is -0.790. The quantitative estimate of drug-likeness (QED) is 0.815. The van der Waals surface area contributed by atoms with Gasteiger partial charge in [-0.25, -0.2) is 0 Å². The average molecular weight is 365 g/mol. The van der Waals surface area contributed by atoms with Crippen LogP contribution in [-0.4, -0.2) is 25.2 Å². The van der Waals surface area contributed by atoms with Gasteiger partial charge in [0.2, 0.25) is 0 Å². The number of methoxy groups -OCH3 is 1. The summed E-state index contributed by atoms with van der Waals surface area (Å²) >= 11 is 6.30. The molecular weight excluding hydrogens is 340 g/mol. The van der Waals surface area contributed by atoms with Crippen molar-refractivity contribution in [3.05, 3.63) is 22.7 Å². The largest absolute Gasteiger partial charge is 0.493 e. The summed E-state index contributed by atoms with van der Waals surface area (Å²) in [7, 11) is 1.51. The smallest absolute Gasteiger partial charge is 0.252 e. The SMILES string of the molecule is COc1cc(C(=O)NC2(C#N)CCCCC2)cc(Cl)c1OCC(C)C. The molecule has 1 amide bonds. The Bertz CT molecular complexity index is 661. The maximum absolute atomic E-state index is 12.7. The molecule has 6 heteroatoms. The molecule has 0 spiro atoms. The third-order valence-electron chi connectivity index (χ3n) is 4.33. The zero-order valence-corrected chi connectivity index (χ0v) is 15.8. The minimum absolute atomic E-state index is 0.319. The van der Waals surface area contributed by atoms with E-state index in [2.05, 4.69) is 11.4 Å². The number of ether oxygens (including phenoxy) is 2. The summed E-state index contributed by atoms with van der Waals surface area (Å²) in [5.41, 5.74) is -0.430. The van der Waals surface area contributed by atoms with E-state index < -0.39 is 5.54 Å². The zero-order chi connectivity index (χ0) is 18.4. The van der Waals surface area contributed by atoms with Crippen LogP contribution in [0.4, 0.5) is 0 Å². The average Bonchev–Trinajstić information content (AvgIpc) is 2.60. The van der Waals surface area contributed by atoms with Gasteiger partial charge in [0.25, 0.3) is 5.91 Å². The number of nitrogens with zero attached hydrogens (tertiary/aromatic N) is 1. The number of nitriles is 1. The minimum Gasteiger partial charge on any atom is -0.493 e. The van der Waals surface area contributed by atoms with Gasteiger partial charge in [0.1, 0.15) is 5.54 Å². The first-order valence-corrected chi connectivity index (χ1v) is 9.02. The molecule has 0 atom stereocenters. The van der Waals surface area contributed by atoms with Crippen molar-refractivity contribution in [1.82, 2.24) is 5.32 Å². The molecule has 1 aromatic carbocycles. The van der Waals surface area contributed by atoms with Crippen molar-refractivity contribution < 1.29 is 14.3 Å². The van der Waals surface area contributed by atoms with Gasteiger partial charge in [-0.15, -0.1) is 0 Å². The Morgan fingerprint density at radius 2 is 2.04 bits per heavy atom. The van der Waals surface area contributed by atoms with Gasteiger partial charge in [-0.3, -0.25) is 4.79 Å². The number of carbonyl (C=O) groups excluding carboxylic acids is 1. The van der Waals surface area contributed by atoms with Crippen LogP contribution in [0.15, 0.2) is 12.1 Å². The second kappa shape index (κ2) is 8.44. The number of amides is 1. The summed E-state index contributed by atoms with van der Waals surface area (Å²) < 4.78 is 11.0. The highest BCUT2D eigenvalue weighted by Gasteiger charge is 2.34. The Hall–Kier alpha value is -1.93. The molecule has 1 aromatic rings. The van der Waals surface area contributed by atoms with E-state index in [0.717, 1.165) is 19.3 Å². The van der Waals surface area contributed by atoms with Crippen LogP contribution < -0.4 is 14.8 Å². The van der Waals surface area contributed by atoms with Gasteiger partial charge in [-0.05, 0) is 30.9 Å². The molecule has 0 unspecified atom stereocenters. The van der Waals surface area contributed by atoms with Crippen LogP contribution in [0.3, 0.4) is 0 Å². The lowest BCUT2D eigenvalue weighted by Gasteiger charge is -2.31. The predicted octanol–water partition coefficient (Wildman–Crippen LogP) is 4.34. The van der Waals surface area contributed by atoms with E-state index in [4.69, 9.17) is 21.1 Å². The first kappa shape index (κ1) is 19.4. The fourth-order valence-corrected chi connectivity index (χ4v) is 3.22. The van der Waals surface area contributed by atoms with Crippen LogP contribution in [0.5, 0.6) is 11.5 Å². The van der Waals surface area contributed by atoms with E-state index in [1.807, 2.05) is 13.8 Å². The lowest BCUT2D eigenvalue weighted by Crippen LogP contribution is -2.48. The summed E-state index contributed by atoms with van der Waals surface area (Å²) in [5.74, 6) is 0.861. The molecule has 1 aliphatic carbocycles. The van der Waals surface area contributed by atoms with Crippen molar-refractivity contribution in [2.75, 3.05) is 13.7 Å². The third kappa shape index (κ3) is 4.79. The Morgan fingerprint density at radius 3 is 2.60 bits per heavy atom. The van der Waals surface area contributed by atoms with Crippen LogP contribution in [0.2, 0.25) is 5.02 Å². The van der Waals surface area contributed by atoms with E-state index in [1.165, 1.54) is 7.11 Å². The molecule has 0 aliphatic heterocycles. The van der Waals surface area contributed by atoms with Crippen molar-refractivity contribution in [1.29, 1.82) is 5.26 Å². The fraction of sp³-hybridized carbons (Fsp3) is 0.579. The highest BCUT2D eigenvalue weighted by molar-refractivity contribution is 6.32. The molecule has 136 valence electrons. The highest BCUT2D eigenvalue weighted by atomic mass is 35.5. The molecular formula is C19H25ClN2O3. The lowest BCUT2D eigenvalue weighted by atomic mass is 9.82. The van der Waals surface area contributed by atoms with E-state index in [-0.39, 0.29) is 5.91 Å². The Balaban J connectivity index is 2.22. The molecule has 1 saturated carbocycles. The molecule has 1 fully saturated rings. The van der Waals surface area contributed by atoms with E-state index >= 15 is 0 Å². The first-order chi connectivity index (χ1) is 11.9. The number of hydrogen-bond donors (Lipinski definition) is 1. The molecule has 5 nitrogen and oxygen atoms in total. The molecule has 0 heterocycles. The van der Waals surface area contributed by atoms with Crippen LogP contribution in [-0.2, 0) is 0 Å². The molecule has 0 radical (unpaired) electrons. The van der Waals surface area contributed by atoms with Crippen LogP contribution >= 0.6 is 11.6 Å². The van der Waals surface area contributed by atoms with Crippen molar-refractivity contribution in [2.24, 2.45) is 5.92 Å². The summed E-state index contributed by atoms with van der Waals surface area (Å²) in [6.07, 6.45) is 4.34. The number of benzene rings is 1. The van der Waals surface area contributed by atoms with Gasteiger partial charge in [0, 0.05) is 5.56 Å². The number of halogens is 1. The summed E-state index contributed by atoms with van der Waals surface area (Å²) in [6, 6.07) is 5.45. The molecule has 0 saturated heterocycles. The molecule has 0 bridgehead atoms. The fourth-order valence-electron chi connectivity index (χ4n) is 2.95. The lowest BCUT2D eigenvalue weighted by molar-refractivity contribution is 0.0902. The van der Waals surface area contributed by atoms with Gasteiger partial charge < -0.3 is 14.8 Å². The Kier molecular flexibility index (Phi) is 6.55. The zero-order valence-electron chi connectivity index (χ0n) is 15.0. The Morgan fingerprint density at radius 1 is 1.36 bits per heavy atom. The van der Waals surface area contributed by atoms with E-state index in [9.17, 15) is 10.1 Å². The number of hydrogen-bond acceptors (Lipinski definition) is 4. The molecule has 25 heavy (non-hydrogen) atoms. The molecule has 0 aromatic heterocycles. The van der Waals surface area contributed by atoms with Crippen molar-refractivity contribution in [3.8, 4) is 17.6 Å². The van der Waals surface area contributed by atoms with Crippen molar-refractivity contribution in [2.45, 2.75) is 51.5 Å². The topological polar surface area (TPSA) is 71.3 Å². The predicted molar refractivity (Wildman–Crippen MR) is 97.2 cm³/mol. The van der Waals surface area contributed by atoms with Gasteiger partial charge in [-0.2, -0.15) is 5.26 Å². The molecule has 1 aliphatic rings. The van der Waals surface area contributed by atoms with Gasteiger partial charge in [0.05, 0.1) is 24.8 Å². The second-order valence-electron chi connectivity index (χ2n) is 6.90. The maximum atomic E-state index is 12.7. The standard InChI is InChI=1S/C19H25ClN2O3/c1-13(2)11-25-17-15(20)9-14(10-16(17)24-3)18(23)22-19(12-21)7-5-4-6-8-19/h9-10,13H,4-8,11H2,1-3H3,(H,22,23). The van der Waals surface area contributed by atoms with Crippen molar-refractivity contribution >= 4 is 17.5 Å². The van der Waals surface area contributed by atoms with Gasteiger partial charge >= 0.3 is 0 Å². The van der Waals surface area contributed by atoms with Crippen LogP contribution in [0, 0.1) is 17.2 Å². The second-order valence-corrected chi connectivity index (χ2v) is 7.31. The monoisotopic (exact) mass is 364 g/mol. The first-order valence-electron chi connectivity index (χ1n) is 8.65. The van der Waals surface area contributed by atoms with E-state index in [1.54, 1.807) is 12.1 Å². The summed E-state index contributed by atoms with van der Waals surface area (Å²) in [4.78, 5) is 12.7. The number of carbonyl (C=O) groups is 1. The van der Waals surface area contributed by atoms with E-state index in [0.29, 0.717) is 47.5 Å². The number of rotatable bonds is 6. The normalized spacial score (nSPS) is 16.2. The van der Waals surface area contributed by atoms with Crippen molar-refractivity contribution in [3.63, 3.8) is 0 Å². The van der Waals surface area contributed by atoms with Gasteiger partial charge in [-0.1, -0.05) is 44.7 Å². The maximum Gasteiger partial charge on any atom is 0.252 e. The molecule has 1 N–H and O–H groups in total. The highest BCUT2D eigenvalue weighted by Crippen LogP contribution is 2.37.